The SMILES string of the molecule is Cc1cccn2c(CC(N)=S)c(-c3ccc4c(c3)CCCC4)nc12. The van der Waals surface area contributed by atoms with Gasteiger partial charge in [-0.15, -0.1) is 0 Å². The Balaban J connectivity index is 1.92. The van der Waals surface area contributed by atoms with Crippen LogP contribution in [0, 0.1) is 6.92 Å². The number of imidazole rings is 1. The van der Waals surface area contributed by atoms with E-state index in [4.69, 9.17) is 22.9 Å². The zero-order chi connectivity index (χ0) is 16.7. The molecule has 0 atom stereocenters. The van der Waals surface area contributed by atoms with Crippen LogP contribution in [0.5, 0.6) is 0 Å². The van der Waals surface area contributed by atoms with Gasteiger partial charge >= 0.3 is 0 Å². The van der Waals surface area contributed by atoms with E-state index in [9.17, 15) is 0 Å². The maximum atomic E-state index is 5.86. The maximum absolute atomic E-state index is 5.86. The van der Waals surface area contributed by atoms with Gasteiger partial charge in [-0.1, -0.05) is 30.4 Å². The first-order chi connectivity index (χ1) is 11.6. The normalized spacial score (nSPS) is 13.9. The van der Waals surface area contributed by atoms with E-state index in [-0.39, 0.29) is 0 Å². The van der Waals surface area contributed by atoms with Crippen molar-refractivity contribution >= 4 is 22.9 Å². The minimum absolute atomic E-state index is 0.498. The van der Waals surface area contributed by atoms with Gasteiger partial charge in [0.1, 0.15) is 5.65 Å². The molecule has 0 bridgehead atoms. The number of aromatic nitrogens is 2. The number of hydrogen-bond donors (Lipinski definition) is 1. The predicted molar refractivity (Wildman–Crippen MR) is 102 cm³/mol. The number of nitrogens with two attached hydrogens (primary N) is 1. The van der Waals surface area contributed by atoms with E-state index < -0.39 is 0 Å². The van der Waals surface area contributed by atoms with E-state index in [2.05, 4.69) is 35.6 Å². The Labute approximate surface area is 147 Å². The van der Waals surface area contributed by atoms with Gasteiger partial charge in [-0.25, -0.2) is 4.98 Å². The Morgan fingerprint density at radius 1 is 1.21 bits per heavy atom. The standard InChI is InChI=1S/C20H21N3S/c1-13-5-4-10-23-17(12-18(21)24)19(22-20(13)23)16-9-8-14-6-2-3-7-15(14)11-16/h4-5,8-11H,2-3,6-7,12H2,1H3,(H2,21,24). The third kappa shape index (κ3) is 2.61. The van der Waals surface area contributed by atoms with Crippen molar-refractivity contribution < 1.29 is 0 Å². The van der Waals surface area contributed by atoms with E-state index in [0.29, 0.717) is 11.4 Å². The molecule has 2 heterocycles. The van der Waals surface area contributed by atoms with E-state index in [1.807, 2.05) is 12.3 Å². The highest BCUT2D eigenvalue weighted by molar-refractivity contribution is 7.80. The quantitative estimate of drug-likeness (QED) is 0.735. The van der Waals surface area contributed by atoms with Gasteiger partial charge in [-0.2, -0.15) is 0 Å². The molecule has 2 aromatic heterocycles. The largest absolute Gasteiger partial charge is 0.393 e. The fourth-order valence-corrected chi connectivity index (χ4v) is 3.84. The first kappa shape index (κ1) is 15.3. The molecule has 0 amide bonds. The second-order valence-corrected chi connectivity index (χ2v) is 7.15. The van der Waals surface area contributed by atoms with Crippen LogP contribution in [0.3, 0.4) is 0 Å². The molecule has 2 N–H and O–H groups in total. The molecule has 122 valence electrons. The second-order valence-electron chi connectivity index (χ2n) is 6.63. The van der Waals surface area contributed by atoms with Gasteiger partial charge in [0.25, 0.3) is 0 Å². The third-order valence-electron chi connectivity index (χ3n) is 4.91. The predicted octanol–water partition coefficient (Wildman–Crippen LogP) is 4.02. The topological polar surface area (TPSA) is 43.3 Å². The number of rotatable bonds is 3. The van der Waals surface area contributed by atoms with Crippen LogP contribution in [0.25, 0.3) is 16.9 Å². The van der Waals surface area contributed by atoms with Crippen LogP contribution in [0.2, 0.25) is 0 Å². The second kappa shape index (κ2) is 6.02. The van der Waals surface area contributed by atoms with Crippen LogP contribution < -0.4 is 5.73 Å². The third-order valence-corrected chi connectivity index (χ3v) is 5.05. The number of benzene rings is 1. The molecule has 0 spiro atoms. The first-order valence-corrected chi connectivity index (χ1v) is 8.91. The minimum atomic E-state index is 0.498. The van der Waals surface area contributed by atoms with Crippen LogP contribution >= 0.6 is 12.2 Å². The van der Waals surface area contributed by atoms with Crippen LogP contribution in [-0.4, -0.2) is 14.4 Å². The number of thiocarbonyl (C=S) groups is 1. The van der Waals surface area contributed by atoms with Gasteiger partial charge in [0.05, 0.1) is 16.4 Å². The van der Waals surface area contributed by atoms with Crippen molar-refractivity contribution in [1.82, 2.24) is 9.38 Å². The maximum Gasteiger partial charge on any atom is 0.140 e. The molecule has 0 fully saturated rings. The van der Waals surface area contributed by atoms with Crippen molar-refractivity contribution in [2.45, 2.75) is 39.0 Å². The van der Waals surface area contributed by atoms with Gasteiger partial charge in [0.2, 0.25) is 0 Å². The summed E-state index contributed by atoms with van der Waals surface area (Å²) in [4.78, 5) is 5.43. The Morgan fingerprint density at radius 2 is 2.00 bits per heavy atom. The molecule has 3 aromatic rings. The van der Waals surface area contributed by atoms with E-state index in [1.165, 1.54) is 42.4 Å². The molecule has 4 rings (SSSR count). The number of fused-ring (bicyclic) bond motifs is 2. The van der Waals surface area contributed by atoms with E-state index in [1.54, 1.807) is 0 Å². The van der Waals surface area contributed by atoms with Crippen molar-refractivity contribution in [3.05, 3.63) is 58.9 Å². The summed E-state index contributed by atoms with van der Waals surface area (Å²) < 4.78 is 2.13. The molecule has 1 aromatic carbocycles. The Hall–Kier alpha value is -2.20. The highest BCUT2D eigenvalue weighted by Crippen LogP contribution is 2.30. The Morgan fingerprint density at radius 3 is 2.79 bits per heavy atom. The lowest BCUT2D eigenvalue weighted by Gasteiger charge is -2.16. The molecule has 4 heteroatoms. The number of nitrogens with zero attached hydrogens (tertiary/aromatic N) is 2. The first-order valence-electron chi connectivity index (χ1n) is 8.50. The molecule has 1 aliphatic carbocycles. The highest BCUT2D eigenvalue weighted by atomic mass is 32.1. The smallest absolute Gasteiger partial charge is 0.140 e. The van der Waals surface area contributed by atoms with Crippen LogP contribution in [0.4, 0.5) is 0 Å². The lowest BCUT2D eigenvalue weighted by atomic mass is 9.89. The number of aryl methyl sites for hydroxylation is 3. The monoisotopic (exact) mass is 335 g/mol. The molecule has 0 saturated carbocycles. The highest BCUT2D eigenvalue weighted by Gasteiger charge is 2.18. The fourth-order valence-electron chi connectivity index (χ4n) is 3.70. The lowest BCUT2D eigenvalue weighted by Crippen LogP contribution is -2.13. The summed E-state index contributed by atoms with van der Waals surface area (Å²) >= 11 is 5.18. The molecule has 24 heavy (non-hydrogen) atoms. The lowest BCUT2D eigenvalue weighted by molar-refractivity contribution is 0.686. The van der Waals surface area contributed by atoms with Gasteiger partial charge in [0.15, 0.2) is 0 Å². The van der Waals surface area contributed by atoms with E-state index >= 15 is 0 Å². The van der Waals surface area contributed by atoms with Gasteiger partial charge in [-0.3, -0.25) is 0 Å². The van der Waals surface area contributed by atoms with Crippen LogP contribution in [0.15, 0.2) is 36.5 Å². The van der Waals surface area contributed by atoms with Crippen LogP contribution in [0.1, 0.15) is 35.2 Å². The molecule has 0 unspecified atom stereocenters. The molecule has 0 aliphatic heterocycles. The molecule has 1 aliphatic rings. The fraction of sp³-hybridized carbons (Fsp3) is 0.300. The van der Waals surface area contributed by atoms with Gasteiger partial charge in [-0.05, 0) is 61.4 Å². The van der Waals surface area contributed by atoms with Gasteiger partial charge < -0.3 is 10.1 Å². The summed E-state index contributed by atoms with van der Waals surface area (Å²) in [7, 11) is 0. The van der Waals surface area contributed by atoms with Gasteiger partial charge in [0, 0.05) is 18.2 Å². The van der Waals surface area contributed by atoms with Crippen molar-refractivity contribution in [2.75, 3.05) is 0 Å². The van der Waals surface area contributed by atoms with Crippen molar-refractivity contribution in [2.24, 2.45) is 5.73 Å². The molecule has 3 nitrogen and oxygen atoms in total. The zero-order valence-corrected chi connectivity index (χ0v) is 14.7. The summed E-state index contributed by atoms with van der Waals surface area (Å²) in [6.07, 6.45) is 7.55. The minimum Gasteiger partial charge on any atom is -0.393 e. The average molecular weight is 335 g/mol. The molecular weight excluding hydrogens is 314 g/mol. The van der Waals surface area contributed by atoms with Crippen LogP contribution in [-0.2, 0) is 19.3 Å². The van der Waals surface area contributed by atoms with Crippen molar-refractivity contribution in [3.8, 4) is 11.3 Å². The van der Waals surface area contributed by atoms with Crippen molar-refractivity contribution in [1.29, 1.82) is 0 Å². The summed E-state index contributed by atoms with van der Waals surface area (Å²) in [5.41, 5.74) is 14.2. The van der Waals surface area contributed by atoms with Crippen molar-refractivity contribution in [3.63, 3.8) is 0 Å². The Bertz CT molecular complexity index is 939. The summed E-state index contributed by atoms with van der Waals surface area (Å²) in [6.45, 7) is 2.09. The number of pyridine rings is 1. The summed E-state index contributed by atoms with van der Waals surface area (Å²) in [6, 6.07) is 10.9. The molecular formula is C20H21N3S. The summed E-state index contributed by atoms with van der Waals surface area (Å²) in [5.74, 6) is 0. The Kier molecular flexibility index (Phi) is 3.85. The molecule has 0 radical (unpaired) electrons. The average Bonchev–Trinajstić information content (AvgIpc) is 2.94. The summed E-state index contributed by atoms with van der Waals surface area (Å²) in [5, 5.41) is 0. The zero-order valence-electron chi connectivity index (χ0n) is 13.9. The van der Waals surface area contributed by atoms with E-state index in [0.717, 1.165) is 22.6 Å². The molecule has 0 saturated heterocycles. The number of hydrogen-bond acceptors (Lipinski definition) is 2.